The average Bonchev–Trinajstić information content (AvgIpc) is 2.46. The zero-order valence-corrected chi connectivity index (χ0v) is 18.6. The van der Waals surface area contributed by atoms with Gasteiger partial charge >= 0.3 is 0 Å². The Labute approximate surface area is 165 Å². The highest BCUT2D eigenvalue weighted by Crippen LogP contribution is 2.28. The average molecular weight is 450 g/mol. The lowest BCUT2D eigenvalue weighted by atomic mass is 10.0. The molecular formula is C19H34Br2N2. The summed E-state index contributed by atoms with van der Waals surface area (Å²) < 4.78 is 1.01. The fraction of sp³-hybridized carbons (Fsp3) is 0.474. The SMILES string of the molecule is Br.C=CCC(c1ccccc1)[N+](C)(C)CC.C=CCN(C)C.[Br-]. The van der Waals surface area contributed by atoms with Crippen molar-refractivity contribution in [1.29, 1.82) is 0 Å². The second-order valence-electron chi connectivity index (χ2n) is 6.10. The molecule has 4 heteroatoms. The zero-order valence-electron chi connectivity index (χ0n) is 15.3. The molecule has 0 aliphatic carbocycles. The van der Waals surface area contributed by atoms with Crippen molar-refractivity contribution in [3.05, 3.63) is 61.2 Å². The second kappa shape index (κ2) is 15.1. The Morgan fingerprint density at radius 2 is 1.61 bits per heavy atom. The Hall–Kier alpha value is -0.420. The number of hydrogen-bond donors (Lipinski definition) is 0. The van der Waals surface area contributed by atoms with Gasteiger partial charge in [0.2, 0.25) is 0 Å². The van der Waals surface area contributed by atoms with Crippen molar-refractivity contribution in [3.8, 4) is 0 Å². The van der Waals surface area contributed by atoms with Crippen LogP contribution in [-0.2, 0) is 0 Å². The number of nitrogens with zero attached hydrogens (tertiary/aromatic N) is 2. The van der Waals surface area contributed by atoms with Gasteiger partial charge in [0.1, 0.15) is 6.04 Å². The molecule has 0 bridgehead atoms. The minimum atomic E-state index is 0. The first-order valence-corrected chi connectivity index (χ1v) is 7.63. The Bertz CT molecular complexity index is 403. The lowest BCUT2D eigenvalue weighted by Crippen LogP contribution is -3.00. The molecular weight excluding hydrogens is 416 g/mol. The molecule has 0 saturated heterocycles. The minimum absolute atomic E-state index is 0. The normalized spacial score (nSPS) is 11.2. The van der Waals surface area contributed by atoms with Gasteiger partial charge in [0.05, 0.1) is 20.6 Å². The molecule has 0 radical (unpaired) electrons. The fourth-order valence-corrected chi connectivity index (χ4v) is 2.14. The summed E-state index contributed by atoms with van der Waals surface area (Å²) in [5.41, 5.74) is 1.41. The van der Waals surface area contributed by atoms with Gasteiger partial charge in [0.15, 0.2) is 0 Å². The Morgan fingerprint density at radius 3 is 1.91 bits per heavy atom. The lowest BCUT2D eigenvalue weighted by Gasteiger charge is -2.37. The number of likely N-dealkylation sites (N-methyl/N-ethyl adjacent to an activating group) is 1. The summed E-state index contributed by atoms with van der Waals surface area (Å²) in [6.45, 7) is 11.8. The first-order valence-electron chi connectivity index (χ1n) is 7.63. The fourth-order valence-electron chi connectivity index (χ4n) is 2.14. The molecule has 0 fully saturated rings. The molecule has 0 aliphatic heterocycles. The van der Waals surface area contributed by atoms with Crippen molar-refractivity contribution in [2.24, 2.45) is 0 Å². The van der Waals surface area contributed by atoms with Gasteiger partial charge in [-0.25, -0.2) is 0 Å². The molecule has 0 spiro atoms. The molecule has 0 heterocycles. The molecule has 0 aliphatic rings. The third kappa shape index (κ3) is 11.7. The van der Waals surface area contributed by atoms with Crippen LogP contribution in [0.3, 0.4) is 0 Å². The van der Waals surface area contributed by atoms with Crippen molar-refractivity contribution < 1.29 is 21.5 Å². The second-order valence-corrected chi connectivity index (χ2v) is 6.10. The molecule has 1 rings (SSSR count). The largest absolute Gasteiger partial charge is 1.00 e. The highest BCUT2D eigenvalue weighted by Gasteiger charge is 2.26. The van der Waals surface area contributed by atoms with Crippen molar-refractivity contribution in [2.45, 2.75) is 19.4 Å². The Balaban J connectivity index is -0.000000434. The van der Waals surface area contributed by atoms with E-state index in [0.29, 0.717) is 6.04 Å². The van der Waals surface area contributed by atoms with E-state index in [4.69, 9.17) is 0 Å². The quantitative estimate of drug-likeness (QED) is 0.452. The van der Waals surface area contributed by atoms with E-state index in [1.807, 2.05) is 26.2 Å². The van der Waals surface area contributed by atoms with Gasteiger partial charge < -0.3 is 26.4 Å². The summed E-state index contributed by atoms with van der Waals surface area (Å²) in [7, 11) is 8.59. The standard InChI is InChI=1S/C14H22N.C5H11N.2BrH/c1-5-10-14(15(3,4)6-2)13-11-8-7-9-12-13;1-4-5-6(2)3;;/h5,7-9,11-12,14H,1,6,10H2,2-4H3;4H,1,5H2,2-3H3;2*1H/q+1;;;/p-1. The van der Waals surface area contributed by atoms with Crippen LogP contribution in [-0.4, -0.2) is 50.7 Å². The van der Waals surface area contributed by atoms with Crippen LogP contribution < -0.4 is 17.0 Å². The van der Waals surface area contributed by atoms with E-state index in [9.17, 15) is 0 Å². The summed E-state index contributed by atoms with van der Waals surface area (Å²) in [5, 5.41) is 0. The molecule has 0 aromatic heterocycles. The summed E-state index contributed by atoms with van der Waals surface area (Å²) in [6.07, 6.45) is 4.93. The van der Waals surface area contributed by atoms with Crippen molar-refractivity contribution >= 4 is 17.0 Å². The van der Waals surface area contributed by atoms with E-state index in [1.165, 1.54) is 5.56 Å². The van der Waals surface area contributed by atoms with Crippen LogP contribution in [0.25, 0.3) is 0 Å². The van der Waals surface area contributed by atoms with Crippen LogP contribution in [0.2, 0.25) is 0 Å². The van der Waals surface area contributed by atoms with Crippen molar-refractivity contribution in [2.75, 3.05) is 41.3 Å². The molecule has 2 nitrogen and oxygen atoms in total. The summed E-state index contributed by atoms with van der Waals surface area (Å²) in [6, 6.07) is 11.2. The van der Waals surface area contributed by atoms with Crippen LogP contribution in [0.1, 0.15) is 24.9 Å². The molecule has 1 atom stereocenters. The number of rotatable bonds is 7. The van der Waals surface area contributed by atoms with E-state index >= 15 is 0 Å². The number of benzene rings is 1. The van der Waals surface area contributed by atoms with E-state index < -0.39 is 0 Å². The van der Waals surface area contributed by atoms with Crippen LogP contribution in [0.4, 0.5) is 0 Å². The molecule has 0 N–H and O–H groups in total. The van der Waals surface area contributed by atoms with Gasteiger partial charge in [0, 0.05) is 18.5 Å². The Morgan fingerprint density at radius 1 is 1.09 bits per heavy atom. The first-order chi connectivity index (χ1) is 9.88. The third-order valence-electron chi connectivity index (χ3n) is 3.73. The van der Waals surface area contributed by atoms with Crippen molar-refractivity contribution in [1.82, 2.24) is 4.90 Å². The number of hydrogen-bond acceptors (Lipinski definition) is 1. The zero-order chi connectivity index (χ0) is 16.3. The van der Waals surface area contributed by atoms with E-state index in [-0.39, 0.29) is 34.0 Å². The van der Waals surface area contributed by atoms with Gasteiger partial charge in [0.25, 0.3) is 0 Å². The van der Waals surface area contributed by atoms with Gasteiger partial charge in [-0.05, 0) is 21.0 Å². The van der Waals surface area contributed by atoms with Gasteiger partial charge in [-0.3, -0.25) is 0 Å². The van der Waals surface area contributed by atoms with Crippen LogP contribution in [0, 0.1) is 0 Å². The van der Waals surface area contributed by atoms with Crippen molar-refractivity contribution in [3.63, 3.8) is 0 Å². The maximum atomic E-state index is 3.86. The predicted molar refractivity (Wildman–Crippen MR) is 106 cm³/mol. The first kappa shape index (κ1) is 27.4. The third-order valence-corrected chi connectivity index (χ3v) is 3.73. The minimum Gasteiger partial charge on any atom is -1.00 e. The van der Waals surface area contributed by atoms with E-state index in [2.05, 4.69) is 69.4 Å². The Kier molecular flexibility index (Phi) is 18.0. The molecule has 0 amide bonds. The van der Waals surface area contributed by atoms with Crippen LogP contribution in [0.15, 0.2) is 55.6 Å². The van der Waals surface area contributed by atoms with E-state index in [0.717, 1.165) is 24.0 Å². The maximum absolute atomic E-state index is 3.86. The molecule has 23 heavy (non-hydrogen) atoms. The highest BCUT2D eigenvalue weighted by molar-refractivity contribution is 8.93. The van der Waals surface area contributed by atoms with Gasteiger partial charge in [-0.2, -0.15) is 0 Å². The monoisotopic (exact) mass is 448 g/mol. The van der Waals surface area contributed by atoms with Crippen LogP contribution in [0.5, 0.6) is 0 Å². The summed E-state index contributed by atoms with van der Waals surface area (Å²) >= 11 is 0. The smallest absolute Gasteiger partial charge is 0.118 e. The summed E-state index contributed by atoms with van der Waals surface area (Å²) in [5.74, 6) is 0. The number of halogens is 2. The van der Waals surface area contributed by atoms with Gasteiger partial charge in [-0.15, -0.1) is 30.1 Å². The summed E-state index contributed by atoms with van der Waals surface area (Å²) in [4.78, 5) is 2.06. The van der Waals surface area contributed by atoms with E-state index in [1.54, 1.807) is 0 Å². The van der Waals surface area contributed by atoms with Gasteiger partial charge in [-0.1, -0.05) is 42.5 Å². The lowest BCUT2D eigenvalue weighted by molar-refractivity contribution is -0.919. The highest BCUT2D eigenvalue weighted by atomic mass is 79.9. The topological polar surface area (TPSA) is 3.24 Å². The molecule has 134 valence electrons. The number of quaternary nitrogens is 1. The maximum Gasteiger partial charge on any atom is 0.118 e. The molecule has 0 saturated carbocycles. The predicted octanol–water partition coefficient (Wildman–Crippen LogP) is 1.72. The molecule has 1 unspecified atom stereocenters. The molecule has 1 aromatic rings. The van der Waals surface area contributed by atoms with Crippen LogP contribution >= 0.6 is 17.0 Å². The molecule has 1 aromatic carbocycles.